The standard InChI is InChI=1S/C19H20N2O2/c1-3-4-11-23-19(22)18-20-14(2)13-21(18)17-10-9-15-7-5-6-8-16(15)12-17/h5-10,12-13H,3-4,11H2,1-2H3. The zero-order valence-electron chi connectivity index (χ0n) is 13.5. The molecule has 0 saturated carbocycles. The van der Waals surface area contributed by atoms with E-state index in [1.54, 1.807) is 4.57 Å². The fraction of sp³-hybridized carbons (Fsp3) is 0.263. The Balaban J connectivity index is 1.96. The molecule has 0 spiro atoms. The molecule has 4 nitrogen and oxygen atoms in total. The van der Waals surface area contributed by atoms with E-state index in [0.717, 1.165) is 29.6 Å². The van der Waals surface area contributed by atoms with Crippen molar-refractivity contribution in [2.75, 3.05) is 6.61 Å². The molecule has 4 heteroatoms. The molecular weight excluding hydrogens is 288 g/mol. The molecule has 2 aromatic carbocycles. The van der Waals surface area contributed by atoms with Crippen LogP contribution in [0.2, 0.25) is 0 Å². The van der Waals surface area contributed by atoms with Crippen molar-refractivity contribution in [2.24, 2.45) is 0 Å². The van der Waals surface area contributed by atoms with Crippen molar-refractivity contribution in [1.82, 2.24) is 9.55 Å². The number of unbranched alkanes of at least 4 members (excludes halogenated alkanes) is 1. The van der Waals surface area contributed by atoms with Crippen LogP contribution < -0.4 is 0 Å². The zero-order valence-corrected chi connectivity index (χ0v) is 13.5. The number of fused-ring (bicyclic) bond motifs is 1. The lowest BCUT2D eigenvalue weighted by atomic mass is 10.1. The van der Waals surface area contributed by atoms with E-state index in [9.17, 15) is 4.79 Å². The van der Waals surface area contributed by atoms with Crippen molar-refractivity contribution in [2.45, 2.75) is 26.7 Å². The molecule has 3 aromatic rings. The third-order valence-electron chi connectivity index (χ3n) is 3.75. The summed E-state index contributed by atoms with van der Waals surface area (Å²) in [6.07, 6.45) is 3.72. The topological polar surface area (TPSA) is 44.1 Å². The lowest BCUT2D eigenvalue weighted by molar-refractivity contribution is 0.0483. The summed E-state index contributed by atoms with van der Waals surface area (Å²) >= 11 is 0. The van der Waals surface area contributed by atoms with Crippen molar-refractivity contribution >= 4 is 16.7 Å². The lowest BCUT2D eigenvalue weighted by Crippen LogP contribution is -2.13. The molecule has 0 saturated heterocycles. The van der Waals surface area contributed by atoms with Gasteiger partial charge in [-0.15, -0.1) is 0 Å². The monoisotopic (exact) mass is 308 g/mol. The number of carbonyl (C=O) groups is 1. The van der Waals surface area contributed by atoms with Crippen LogP contribution >= 0.6 is 0 Å². The number of ether oxygens (including phenoxy) is 1. The maximum Gasteiger partial charge on any atom is 0.374 e. The second kappa shape index (κ2) is 6.65. The number of esters is 1. The first kappa shape index (κ1) is 15.3. The number of hydrogen-bond acceptors (Lipinski definition) is 3. The van der Waals surface area contributed by atoms with Gasteiger partial charge in [0.05, 0.1) is 12.3 Å². The van der Waals surface area contributed by atoms with Crippen LogP contribution in [0.25, 0.3) is 16.5 Å². The summed E-state index contributed by atoms with van der Waals surface area (Å²) in [4.78, 5) is 16.6. The van der Waals surface area contributed by atoms with Gasteiger partial charge in [0.15, 0.2) is 0 Å². The molecule has 0 aliphatic heterocycles. The Bertz CT molecular complexity index is 836. The van der Waals surface area contributed by atoms with Crippen molar-refractivity contribution < 1.29 is 9.53 Å². The van der Waals surface area contributed by atoms with Crippen LogP contribution in [0.15, 0.2) is 48.7 Å². The molecule has 0 atom stereocenters. The van der Waals surface area contributed by atoms with E-state index >= 15 is 0 Å². The van der Waals surface area contributed by atoms with Crippen LogP contribution in [0, 0.1) is 6.92 Å². The van der Waals surface area contributed by atoms with Gasteiger partial charge in [-0.2, -0.15) is 0 Å². The summed E-state index contributed by atoms with van der Waals surface area (Å²) in [5.41, 5.74) is 1.70. The summed E-state index contributed by atoms with van der Waals surface area (Å²) in [7, 11) is 0. The SMILES string of the molecule is CCCCOC(=O)c1nc(C)cn1-c1ccc2ccccc2c1. The molecule has 0 radical (unpaired) electrons. The fourth-order valence-electron chi connectivity index (χ4n) is 2.54. The Labute approximate surface area is 135 Å². The molecular formula is C19H20N2O2. The van der Waals surface area contributed by atoms with E-state index in [0.29, 0.717) is 12.4 Å². The number of benzene rings is 2. The van der Waals surface area contributed by atoms with Gasteiger partial charge in [0, 0.05) is 11.9 Å². The third kappa shape index (κ3) is 3.26. The number of hydrogen-bond donors (Lipinski definition) is 0. The molecule has 0 fully saturated rings. The van der Waals surface area contributed by atoms with Crippen LogP contribution in [0.5, 0.6) is 0 Å². The predicted molar refractivity (Wildman–Crippen MR) is 91.0 cm³/mol. The van der Waals surface area contributed by atoms with Crippen molar-refractivity contribution in [3.63, 3.8) is 0 Å². The van der Waals surface area contributed by atoms with Crippen LogP contribution in [0.1, 0.15) is 36.1 Å². The molecule has 118 valence electrons. The summed E-state index contributed by atoms with van der Waals surface area (Å²) in [6.45, 7) is 4.37. The summed E-state index contributed by atoms with van der Waals surface area (Å²) in [6, 6.07) is 14.2. The maximum atomic E-state index is 12.3. The minimum atomic E-state index is -0.375. The lowest BCUT2D eigenvalue weighted by Gasteiger charge is -2.09. The minimum absolute atomic E-state index is 0.328. The third-order valence-corrected chi connectivity index (χ3v) is 3.75. The molecule has 0 amide bonds. The summed E-state index contributed by atoms with van der Waals surface area (Å²) in [5, 5.41) is 2.29. The van der Waals surface area contributed by atoms with E-state index in [4.69, 9.17) is 4.74 Å². The Morgan fingerprint density at radius 1 is 1.17 bits per heavy atom. The molecule has 3 rings (SSSR count). The molecule has 1 aromatic heterocycles. The number of imidazole rings is 1. The molecule has 0 aliphatic rings. The number of aryl methyl sites for hydroxylation is 1. The number of rotatable bonds is 5. The highest BCUT2D eigenvalue weighted by atomic mass is 16.5. The first-order valence-corrected chi connectivity index (χ1v) is 7.91. The molecule has 1 heterocycles. The minimum Gasteiger partial charge on any atom is -0.460 e. The van der Waals surface area contributed by atoms with E-state index in [1.165, 1.54) is 5.39 Å². The number of aromatic nitrogens is 2. The van der Waals surface area contributed by atoms with Gasteiger partial charge in [-0.05, 0) is 36.2 Å². The van der Waals surface area contributed by atoms with Crippen LogP contribution in [-0.2, 0) is 4.74 Å². The normalized spacial score (nSPS) is 10.9. The molecule has 0 bridgehead atoms. The van der Waals surface area contributed by atoms with E-state index < -0.39 is 0 Å². The van der Waals surface area contributed by atoms with Gasteiger partial charge in [-0.3, -0.25) is 4.57 Å². The molecule has 23 heavy (non-hydrogen) atoms. The highest BCUT2D eigenvalue weighted by Crippen LogP contribution is 2.20. The van der Waals surface area contributed by atoms with Gasteiger partial charge < -0.3 is 4.74 Å². The van der Waals surface area contributed by atoms with Gasteiger partial charge in [-0.1, -0.05) is 43.7 Å². The second-order valence-electron chi connectivity index (χ2n) is 5.60. The number of nitrogens with zero attached hydrogens (tertiary/aromatic N) is 2. The first-order chi connectivity index (χ1) is 11.2. The Morgan fingerprint density at radius 3 is 2.74 bits per heavy atom. The predicted octanol–water partition coefficient (Wildman–Crippen LogP) is 4.29. The molecule has 0 unspecified atom stereocenters. The fourth-order valence-corrected chi connectivity index (χ4v) is 2.54. The van der Waals surface area contributed by atoms with Gasteiger partial charge >= 0.3 is 5.97 Å². The Kier molecular flexibility index (Phi) is 4.42. The van der Waals surface area contributed by atoms with E-state index in [-0.39, 0.29) is 5.97 Å². The Hall–Kier alpha value is -2.62. The van der Waals surface area contributed by atoms with Crippen molar-refractivity contribution in [1.29, 1.82) is 0 Å². The highest BCUT2D eigenvalue weighted by molar-refractivity contribution is 5.88. The van der Waals surface area contributed by atoms with Gasteiger partial charge in [0.1, 0.15) is 0 Å². The van der Waals surface area contributed by atoms with Gasteiger partial charge in [0.25, 0.3) is 0 Å². The highest BCUT2D eigenvalue weighted by Gasteiger charge is 2.17. The van der Waals surface area contributed by atoms with E-state index in [1.807, 2.05) is 37.4 Å². The van der Waals surface area contributed by atoms with Gasteiger partial charge in [0.2, 0.25) is 5.82 Å². The molecule has 0 aliphatic carbocycles. The average Bonchev–Trinajstić information content (AvgIpc) is 2.96. The first-order valence-electron chi connectivity index (χ1n) is 7.91. The second-order valence-corrected chi connectivity index (χ2v) is 5.60. The van der Waals surface area contributed by atoms with E-state index in [2.05, 4.69) is 30.1 Å². The van der Waals surface area contributed by atoms with Crippen LogP contribution in [0.3, 0.4) is 0 Å². The average molecular weight is 308 g/mol. The van der Waals surface area contributed by atoms with Crippen LogP contribution in [0.4, 0.5) is 0 Å². The van der Waals surface area contributed by atoms with Gasteiger partial charge in [-0.25, -0.2) is 9.78 Å². The van der Waals surface area contributed by atoms with Crippen LogP contribution in [-0.4, -0.2) is 22.1 Å². The largest absolute Gasteiger partial charge is 0.460 e. The summed E-state index contributed by atoms with van der Waals surface area (Å²) < 4.78 is 7.11. The maximum absolute atomic E-state index is 12.3. The quantitative estimate of drug-likeness (QED) is 0.521. The van der Waals surface area contributed by atoms with Crippen molar-refractivity contribution in [3.05, 3.63) is 60.2 Å². The summed E-state index contributed by atoms with van der Waals surface area (Å²) in [5.74, 6) is -0.0476. The zero-order chi connectivity index (χ0) is 16.2. The Morgan fingerprint density at radius 2 is 1.96 bits per heavy atom. The smallest absolute Gasteiger partial charge is 0.374 e. The molecule has 0 N–H and O–H groups in total. The number of carbonyl (C=O) groups excluding carboxylic acids is 1. The van der Waals surface area contributed by atoms with Crippen molar-refractivity contribution in [3.8, 4) is 5.69 Å².